The monoisotopic (exact) mass is 317 g/mol. The van der Waals surface area contributed by atoms with Crippen molar-refractivity contribution in [1.29, 1.82) is 0 Å². The van der Waals surface area contributed by atoms with Gasteiger partial charge in [0.1, 0.15) is 0 Å². The van der Waals surface area contributed by atoms with Gasteiger partial charge in [-0.1, -0.05) is 15.9 Å². The molecule has 0 spiro atoms. The van der Waals surface area contributed by atoms with Gasteiger partial charge >= 0.3 is 0 Å². The molecule has 0 radical (unpaired) electrons. The SMILES string of the molecule is COc1c(F)cc(Br)c(CC2CCCN2)c1OC. The Hall–Kier alpha value is -0.810. The normalized spacial score (nSPS) is 19.0. The van der Waals surface area contributed by atoms with Crippen LogP contribution in [-0.4, -0.2) is 26.8 Å². The minimum atomic E-state index is -0.413. The summed E-state index contributed by atoms with van der Waals surface area (Å²) in [7, 11) is 2.99. The van der Waals surface area contributed by atoms with Crippen LogP contribution >= 0.6 is 15.9 Å². The Balaban J connectivity index is 2.37. The predicted octanol–water partition coefficient (Wildman–Crippen LogP) is 2.90. The maximum absolute atomic E-state index is 13.7. The molecule has 1 saturated heterocycles. The molecule has 1 unspecified atom stereocenters. The van der Waals surface area contributed by atoms with Gasteiger partial charge < -0.3 is 14.8 Å². The topological polar surface area (TPSA) is 30.5 Å². The van der Waals surface area contributed by atoms with Gasteiger partial charge in [-0.2, -0.15) is 0 Å². The maximum Gasteiger partial charge on any atom is 0.197 e. The van der Waals surface area contributed by atoms with Crippen LogP contribution in [0.3, 0.4) is 0 Å². The largest absolute Gasteiger partial charge is 0.492 e. The zero-order valence-corrected chi connectivity index (χ0v) is 12.1. The molecule has 0 aliphatic carbocycles. The van der Waals surface area contributed by atoms with E-state index < -0.39 is 5.82 Å². The van der Waals surface area contributed by atoms with Crippen LogP contribution in [0.4, 0.5) is 4.39 Å². The molecular formula is C13H17BrFNO2. The molecule has 1 atom stereocenters. The van der Waals surface area contributed by atoms with Crippen LogP contribution in [-0.2, 0) is 6.42 Å². The molecule has 1 N–H and O–H groups in total. The van der Waals surface area contributed by atoms with Crippen LogP contribution in [0.5, 0.6) is 11.5 Å². The number of ether oxygens (including phenoxy) is 2. The fourth-order valence-electron chi connectivity index (χ4n) is 2.39. The van der Waals surface area contributed by atoms with E-state index in [0.29, 0.717) is 11.8 Å². The second kappa shape index (κ2) is 5.89. The minimum Gasteiger partial charge on any atom is -0.492 e. The number of nitrogens with one attached hydrogen (secondary N) is 1. The third-order valence-corrected chi connectivity index (χ3v) is 3.97. The van der Waals surface area contributed by atoms with E-state index in [4.69, 9.17) is 9.47 Å². The van der Waals surface area contributed by atoms with Gasteiger partial charge in [-0.3, -0.25) is 0 Å². The van der Waals surface area contributed by atoms with Gasteiger partial charge in [-0.15, -0.1) is 0 Å². The Morgan fingerprint density at radius 3 is 2.67 bits per heavy atom. The average Bonchev–Trinajstić information content (AvgIpc) is 2.84. The van der Waals surface area contributed by atoms with Crippen molar-refractivity contribution >= 4 is 15.9 Å². The highest BCUT2D eigenvalue weighted by molar-refractivity contribution is 9.10. The summed E-state index contributed by atoms with van der Waals surface area (Å²) in [4.78, 5) is 0. The van der Waals surface area contributed by atoms with Gasteiger partial charge in [-0.25, -0.2) is 4.39 Å². The van der Waals surface area contributed by atoms with Crippen molar-refractivity contribution in [3.63, 3.8) is 0 Å². The number of rotatable bonds is 4. The van der Waals surface area contributed by atoms with E-state index in [-0.39, 0.29) is 5.75 Å². The Bertz CT molecular complexity index is 433. The van der Waals surface area contributed by atoms with Gasteiger partial charge in [0.25, 0.3) is 0 Å². The van der Waals surface area contributed by atoms with Gasteiger partial charge in [0.05, 0.1) is 14.2 Å². The molecule has 2 rings (SSSR count). The van der Waals surface area contributed by atoms with Crippen molar-refractivity contribution in [3.8, 4) is 11.5 Å². The second-order valence-electron chi connectivity index (χ2n) is 4.38. The zero-order valence-electron chi connectivity index (χ0n) is 10.6. The lowest BCUT2D eigenvalue weighted by atomic mass is 10.0. The number of methoxy groups -OCH3 is 2. The number of halogens is 2. The van der Waals surface area contributed by atoms with Crippen LogP contribution in [0.15, 0.2) is 10.5 Å². The van der Waals surface area contributed by atoms with E-state index in [2.05, 4.69) is 21.2 Å². The summed E-state index contributed by atoms with van der Waals surface area (Å²) in [6.45, 7) is 1.04. The van der Waals surface area contributed by atoms with Gasteiger partial charge in [0, 0.05) is 16.1 Å². The van der Waals surface area contributed by atoms with Crippen LogP contribution < -0.4 is 14.8 Å². The van der Waals surface area contributed by atoms with E-state index >= 15 is 0 Å². The first-order valence-electron chi connectivity index (χ1n) is 5.99. The van der Waals surface area contributed by atoms with E-state index in [1.807, 2.05) is 0 Å². The van der Waals surface area contributed by atoms with Crippen LogP contribution in [0.2, 0.25) is 0 Å². The lowest BCUT2D eigenvalue weighted by Gasteiger charge is -2.18. The van der Waals surface area contributed by atoms with Crippen LogP contribution in [0.25, 0.3) is 0 Å². The molecule has 0 aromatic heterocycles. The highest BCUT2D eigenvalue weighted by Gasteiger charge is 2.23. The fraction of sp³-hybridized carbons (Fsp3) is 0.538. The summed E-state index contributed by atoms with van der Waals surface area (Å²) < 4.78 is 24.9. The minimum absolute atomic E-state index is 0.175. The number of hydrogen-bond donors (Lipinski definition) is 1. The molecule has 18 heavy (non-hydrogen) atoms. The molecule has 5 heteroatoms. The highest BCUT2D eigenvalue weighted by Crippen LogP contribution is 2.39. The van der Waals surface area contributed by atoms with Crippen molar-refractivity contribution in [2.75, 3.05) is 20.8 Å². The summed E-state index contributed by atoms with van der Waals surface area (Å²) in [5.41, 5.74) is 0.954. The molecule has 0 amide bonds. The van der Waals surface area contributed by atoms with Crippen molar-refractivity contribution < 1.29 is 13.9 Å². The molecule has 1 fully saturated rings. The summed E-state index contributed by atoms with van der Waals surface area (Å²) in [5, 5.41) is 3.42. The quantitative estimate of drug-likeness (QED) is 0.926. The molecule has 1 aliphatic rings. The lowest BCUT2D eigenvalue weighted by molar-refractivity contribution is 0.333. The van der Waals surface area contributed by atoms with Crippen LogP contribution in [0, 0.1) is 5.82 Å². The predicted molar refractivity (Wildman–Crippen MR) is 71.9 cm³/mol. The fourth-order valence-corrected chi connectivity index (χ4v) is 2.93. The van der Waals surface area contributed by atoms with Crippen molar-refractivity contribution in [3.05, 3.63) is 21.9 Å². The van der Waals surface area contributed by atoms with E-state index in [0.717, 1.165) is 29.4 Å². The summed E-state index contributed by atoms with van der Waals surface area (Å²) in [6, 6.07) is 1.86. The zero-order chi connectivity index (χ0) is 13.1. The van der Waals surface area contributed by atoms with Gasteiger partial charge in [0.15, 0.2) is 17.3 Å². The van der Waals surface area contributed by atoms with Crippen molar-refractivity contribution in [2.45, 2.75) is 25.3 Å². The van der Waals surface area contributed by atoms with Crippen molar-refractivity contribution in [2.24, 2.45) is 0 Å². The molecule has 1 heterocycles. The summed E-state index contributed by atoms with van der Waals surface area (Å²) >= 11 is 3.41. The van der Waals surface area contributed by atoms with Crippen LogP contribution in [0.1, 0.15) is 18.4 Å². The van der Waals surface area contributed by atoms with E-state index in [9.17, 15) is 4.39 Å². The Kier molecular flexibility index (Phi) is 4.45. The third kappa shape index (κ3) is 2.62. The smallest absolute Gasteiger partial charge is 0.197 e. The molecule has 3 nitrogen and oxygen atoms in total. The van der Waals surface area contributed by atoms with Crippen molar-refractivity contribution in [1.82, 2.24) is 5.32 Å². The molecule has 100 valence electrons. The molecule has 0 bridgehead atoms. The lowest BCUT2D eigenvalue weighted by Crippen LogP contribution is -2.24. The number of benzene rings is 1. The maximum atomic E-state index is 13.7. The van der Waals surface area contributed by atoms with Gasteiger partial charge in [0.2, 0.25) is 0 Å². The van der Waals surface area contributed by atoms with E-state index in [1.165, 1.54) is 26.7 Å². The Morgan fingerprint density at radius 2 is 2.11 bits per heavy atom. The first-order chi connectivity index (χ1) is 8.67. The number of hydrogen-bond acceptors (Lipinski definition) is 3. The molecule has 1 aromatic rings. The van der Waals surface area contributed by atoms with Gasteiger partial charge in [-0.05, 0) is 31.9 Å². The Morgan fingerprint density at radius 1 is 1.39 bits per heavy atom. The third-order valence-electron chi connectivity index (χ3n) is 3.26. The summed E-state index contributed by atoms with van der Waals surface area (Å²) in [6.07, 6.45) is 3.12. The average molecular weight is 318 g/mol. The van der Waals surface area contributed by atoms with E-state index in [1.54, 1.807) is 0 Å². The molecule has 0 saturated carbocycles. The second-order valence-corrected chi connectivity index (χ2v) is 5.24. The molecule has 1 aliphatic heterocycles. The highest BCUT2D eigenvalue weighted by atomic mass is 79.9. The standard InChI is InChI=1S/C13H17BrFNO2/c1-17-12-9(6-8-4-3-5-16-8)10(14)7-11(15)13(12)18-2/h7-8,16H,3-6H2,1-2H3. The Labute approximate surface area is 115 Å². The summed E-state index contributed by atoms with van der Waals surface area (Å²) in [5.74, 6) is 0.246. The first kappa shape index (κ1) is 13.6. The molecule has 1 aromatic carbocycles. The first-order valence-corrected chi connectivity index (χ1v) is 6.79. The molecular weight excluding hydrogens is 301 g/mol.